The van der Waals surface area contributed by atoms with Gasteiger partial charge in [-0.2, -0.15) is 13.2 Å². The van der Waals surface area contributed by atoms with Crippen molar-refractivity contribution in [2.24, 2.45) is 7.05 Å². The Bertz CT molecular complexity index is 1840. The third-order valence-corrected chi connectivity index (χ3v) is 8.00. The molecular formula is C36H31F3N4O2. The fraction of sp³-hybridized carbons (Fsp3) is 0.167. The second-order valence-corrected chi connectivity index (χ2v) is 11.0. The average molecular weight is 609 g/mol. The van der Waals surface area contributed by atoms with Crippen LogP contribution in [0.15, 0.2) is 109 Å². The van der Waals surface area contributed by atoms with Gasteiger partial charge >= 0.3 is 6.18 Å². The number of aryl methyl sites for hydroxylation is 2. The molecule has 0 atom stereocenters. The Morgan fingerprint density at radius 3 is 2.31 bits per heavy atom. The van der Waals surface area contributed by atoms with E-state index in [0.717, 1.165) is 42.8 Å². The Balaban J connectivity index is 1.10. The summed E-state index contributed by atoms with van der Waals surface area (Å²) in [5.74, 6) is -0.739. The van der Waals surface area contributed by atoms with Gasteiger partial charge in [-0.25, -0.2) is 0 Å². The van der Waals surface area contributed by atoms with Gasteiger partial charge in [-0.05, 0) is 77.6 Å². The topological polar surface area (TPSA) is 66.4 Å². The fourth-order valence-corrected chi connectivity index (χ4v) is 5.70. The Morgan fingerprint density at radius 2 is 1.56 bits per heavy atom. The summed E-state index contributed by atoms with van der Waals surface area (Å²) in [7, 11) is 1.71. The molecule has 6 nitrogen and oxygen atoms in total. The van der Waals surface area contributed by atoms with E-state index >= 15 is 0 Å². The highest BCUT2D eigenvalue weighted by Gasteiger charge is 2.30. The van der Waals surface area contributed by atoms with Gasteiger partial charge in [-0.1, -0.05) is 60.7 Å². The van der Waals surface area contributed by atoms with Gasteiger partial charge in [-0.3, -0.25) is 9.59 Å². The fourth-order valence-electron chi connectivity index (χ4n) is 5.70. The maximum Gasteiger partial charge on any atom is 0.416 e. The molecule has 0 aliphatic carbocycles. The van der Waals surface area contributed by atoms with E-state index in [-0.39, 0.29) is 5.91 Å². The van der Waals surface area contributed by atoms with Crippen LogP contribution in [0.25, 0.3) is 11.1 Å². The number of nitrogens with one attached hydrogen (secondary N) is 2. The number of benzene rings is 4. The molecule has 0 spiro atoms. The molecule has 0 bridgehead atoms. The zero-order chi connectivity index (χ0) is 31.6. The quantitative estimate of drug-likeness (QED) is 0.197. The molecule has 0 saturated heterocycles. The van der Waals surface area contributed by atoms with E-state index < -0.39 is 17.6 Å². The van der Waals surface area contributed by atoms with E-state index in [2.05, 4.69) is 51.9 Å². The zero-order valence-corrected chi connectivity index (χ0v) is 24.6. The van der Waals surface area contributed by atoms with Crippen molar-refractivity contribution in [2.75, 3.05) is 16.8 Å². The van der Waals surface area contributed by atoms with Crippen molar-refractivity contribution in [3.8, 4) is 11.1 Å². The number of hydrogen-bond acceptors (Lipinski definition) is 3. The number of para-hydroxylation sites is 1. The van der Waals surface area contributed by atoms with Crippen LogP contribution in [-0.2, 0) is 26.2 Å². The Morgan fingerprint density at radius 1 is 0.844 bits per heavy atom. The average Bonchev–Trinajstić information content (AvgIpc) is 3.42. The van der Waals surface area contributed by atoms with E-state index in [1.165, 1.54) is 23.4 Å². The second-order valence-electron chi connectivity index (χ2n) is 11.0. The first-order chi connectivity index (χ1) is 21.7. The third kappa shape index (κ3) is 6.47. The molecule has 1 aliphatic rings. The predicted octanol–water partition coefficient (Wildman–Crippen LogP) is 7.98. The molecule has 4 aromatic carbocycles. The molecule has 2 N–H and O–H groups in total. The van der Waals surface area contributed by atoms with E-state index in [9.17, 15) is 22.8 Å². The number of hydrogen-bond donors (Lipinski definition) is 2. The van der Waals surface area contributed by atoms with Crippen molar-refractivity contribution in [3.05, 3.63) is 137 Å². The highest BCUT2D eigenvalue weighted by Crippen LogP contribution is 2.34. The van der Waals surface area contributed by atoms with Crippen molar-refractivity contribution in [1.82, 2.24) is 9.88 Å². The van der Waals surface area contributed by atoms with Crippen LogP contribution in [-0.4, -0.2) is 22.9 Å². The lowest BCUT2D eigenvalue weighted by Crippen LogP contribution is -2.25. The van der Waals surface area contributed by atoms with Gasteiger partial charge in [0, 0.05) is 43.3 Å². The minimum absolute atomic E-state index is 0.294. The maximum atomic E-state index is 13.2. The van der Waals surface area contributed by atoms with E-state index in [1.54, 1.807) is 48.1 Å². The van der Waals surface area contributed by atoms with Crippen LogP contribution in [0.5, 0.6) is 0 Å². The standard InChI is InChI=1S/C36H31F3N4O2/c1-42-23-28(41-34(44)31-10-4-3-9-30(31)25-14-16-27(17-15-25)36(37,38)39)21-33(42)35(45)40-22-24-12-18-29(19-13-24)43-20-6-8-26-7-2-5-11-32(26)43/h2-5,7,9-19,21,23H,6,8,20,22H2,1H3,(H,40,45)(H,41,44). The van der Waals surface area contributed by atoms with Crippen molar-refractivity contribution in [3.63, 3.8) is 0 Å². The minimum Gasteiger partial charge on any atom is -0.347 e. The van der Waals surface area contributed by atoms with E-state index in [4.69, 9.17) is 0 Å². The molecule has 5 aromatic rings. The van der Waals surface area contributed by atoms with Crippen LogP contribution in [0.3, 0.4) is 0 Å². The predicted molar refractivity (Wildman–Crippen MR) is 170 cm³/mol. The number of anilines is 3. The molecule has 228 valence electrons. The lowest BCUT2D eigenvalue weighted by Gasteiger charge is -2.31. The SMILES string of the molecule is Cn1cc(NC(=O)c2ccccc2-c2ccc(C(F)(F)F)cc2)cc1C(=O)NCc1ccc(N2CCCc3ccccc32)cc1. The summed E-state index contributed by atoms with van der Waals surface area (Å²) in [6, 6.07) is 29.6. The first-order valence-electron chi connectivity index (χ1n) is 14.6. The smallest absolute Gasteiger partial charge is 0.347 e. The normalized spacial score (nSPS) is 12.8. The maximum absolute atomic E-state index is 13.2. The number of carbonyl (C=O) groups is 2. The summed E-state index contributed by atoms with van der Waals surface area (Å²) in [4.78, 5) is 28.6. The van der Waals surface area contributed by atoms with Crippen LogP contribution in [0, 0.1) is 0 Å². The number of fused-ring (bicyclic) bond motifs is 1. The van der Waals surface area contributed by atoms with Crippen LogP contribution in [0.4, 0.5) is 30.2 Å². The summed E-state index contributed by atoms with van der Waals surface area (Å²) in [5.41, 5.74) is 5.95. The summed E-state index contributed by atoms with van der Waals surface area (Å²) in [5, 5.41) is 5.76. The summed E-state index contributed by atoms with van der Waals surface area (Å²) in [6.45, 7) is 1.29. The number of halogens is 3. The van der Waals surface area contributed by atoms with Crippen LogP contribution < -0.4 is 15.5 Å². The summed E-state index contributed by atoms with van der Waals surface area (Å²) >= 11 is 0. The first kappa shape index (κ1) is 29.7. The Kier molecular flexibility index (Phi) is 8.17. The summed E-state index contributed by atoms with van der Waals surface area (Å²) in [6.07, 6.45) is -0.631. The molecule has 1 aromatic heterocycles. The molecule has 9 heteroatoms. The van der Waals surface area contributed by atoms with Gasteiger partial charge in [0.1, 0.15) is 5.69 Å². The monoisotopic (exact) mass is 608 g/mol. The third-order valence-electron chi connectivity index (χ3n) is 8.00. The first-order valence-corrected chi connectivity index (χ1v) is 14.6. The Hall–Kier alpha value is -5.31. The number of rotatable bonds is 7. The molecular weight excluding hydrogens is 577 g/mol. The number of nitrogens with zero attached hydrogens (tertiary/aromatic N) is 2. The van der Waals surface area contributed by atoms with Gasteiger partial charge in [0.15, 0.2) is 0 Å². The van der Waals surface area contributed by atoms with Crippen LogP contribution >= 0.6 is 0 Å². The Labute approximate surface area is 259 Å². The second kappa shape index (κ2) is 12.4. The molecule has 6 rings (SSSR count). The summed E-state index contributed by atoms with van der Waals surface area (Å²) < 4.78 is 40.7. The molecule has 0 saturated carbocycles. The van der Waals surface area contributed by atoms with Gasteiger partial charge in [-0.15, -0.1) is 0 Å². The minimum atomic E-state index is -4.45. The van der Waals surface area contributed by atoms with Crippen molar-refractivity contribution in [1.29, 1.82) is 0 Å². The molecule has 0 radical (unpaired) electrons. The van der Waals surface area contributed by atoms with Crippen molar-refractivity contribution >= 4 is 28.9 Å². The molecule has 45 heavy (non-hydrogen) atoms. The molecule has 0 unspecified atom stereocenters. The van der Waals surface area contributed by atoms with Gasteiger partial charge < -0.3 is 20.1 Å². The van der Waals surface area contributed by atoms with Gasteiger partial charge in [0.25, 0.3) is 11.8 Å². The highest BCUT2D eigenvalue weighted by atomic mass is 19.4. The largest absolute Gasteiger partial charge is 0.416 e. The molecule has 2 heterocycles. The van der Waals surface area contributed by atoms with Crippen LogP contribution in [0.2, 0.25) is 0 Å². The number of alkyl halides is 3. The van der Waals surface area contributed by atoms with E-state index in [1.807, 2.05) is 12.1 Å². The molecule has 1 aliphatic heterocycles. The molecule has 2 amide bonds. The van der Waals surface area contributed by atoms with E-state index in [0.29, 0.717) is 34.6 Å². The molecule has 0 fully saturated rings. The highest BCUT2D eigenvalue weighted by molar-refractivity contribution is 6.09. The van der Waals surface area contributed by atoms with Gasteiger partial charge in [0.05, 0.1) is 11.3 Å². The lowest BCUT2D eigenvalue weighted by atomic mass is 9.98. The van der Waals surface area contributed by atoms with Gasteiger partial charge in [0.2, 0.25) is 0 Å². The van der Waals surface area contributed by atoms with Crippen LogP contribution in [0.1, 0.15) is 44.0 Å². The van der Waals surface area contributed by atoms with Crippen molar-refractivity contribution < 1.29 is 22.8 Å². The number of aromatic nitrogens is 1. The zero-order valence-electron chi connectivity index (χ0n) is 24.6. The number of amides is 2. The lowest BCUT2D eigenvalue weighted by molar-refractivity contribution is -0.137. The van der Waals surface area contributed by atoms with Crippen molar-refractivity contribution in [2.45, 2.75) is 25.6 Å². The number of carbonyl (C=O) groups excluding carboxylic acids is 2.